The lowest BCUT2D eigenvalue weighted by atomic mass is 10.2. The maximum Gasteiger partial charge on any atom is 0.246 e. The number of rotatable bonds is 5. The van der Waals surface area contributed by atoms with E-state index in [4.69, 9.17) is 9.72 Å². The van der Waals surface area contributed by atoms with Gasteiger partial charge in [0.05, 0.1) is 13.3 Å². The Morgan fingerprint density at radius 1 is 1.00 bits per heavy atom. The largest absolute Gasteiger partial charge is 0.495 e. The molecule has 8 heteroatoms. The summed E-state index contributed by atoms with van der Waals surface area (Å²) >= 11 is 0. The first-order chi connectivity index (χ1) is 13.6. The van der Waals surface area contributed by atoms with Gasteiger partial charge < -0.3 is 19.9 Å². The number of hydrogen-bond donors (Lipinski definition) is 1. The Kier molecular flexibility index (Phi) is 5.01. The fourth-order valence-corrected chi connectivity index (χ4v) is 3.26. The molecule has 2 aromatic heterocycles. The topological polar surface area (TPSA) is 71.3 Å². The van der Waals surface area contributed by atoms with Crippen LogP contribution in [0.15, 0.2) is 42.6 Å². The highest BCUT2D eigenvalue weighted by atomic mass is 16.5. The SMILES string of the molecule is COc1ccc(N2CCN(c3nc(Nc4ccccc4C)n(C)n3)CC2)nc1. The van der Waals surface area contributed by atoms with Crippen molar-refractivity contribution in [2.24, 2.45) is 7.05 Å². The molecule has 0 saturated carbocycles. The zero-order chi connectivity index (χ0) is 19.5. The molecule has 1 aromatic carbocycles. The van der Waals surface area contributed by atoms with Gasteiger partial charge in [0, 0.05) is 38.9 Å². The molecule has 3 heterocycles. The number of benzene rings is 1. The van der Waals surface area contributed by atoms with Crippen molar-refractivity contribution in [2.75, 3.05) is 48.4 Å². The molecule has 0 aliphatic carbocycles. The molecule has 146 valence electrons. The van der Waals surface area contributed by atoms with E-state index >= 15 is 0 Å². The average Bonchev–Trinajstić information content (AvgIpc) is 3.10. The maximum absolute atomic E-state index is 5.18. The number of aryl methyl sites for hydroxylation is 2. The van der Waals surface area contributed by atoms with Gasteiger partial charge in [-0.2, -0.15) is 4.98 Å². The number of pyridine rings is 1. The fraction of sp³-hybridized carbons (Fsp3) is 0.350. The van der Waals surface area contributed by atoms with E-state index in [1.165, 1.54) is 5.56 Å². The van der Waals surface area contributed by atoms with Crippen molar-refractivity contribution in [1.82, 2.24) is 19.7 Å². The molecule has 0 atom stereocenters. The molecule has 4 rings (SSSR count). The molecule has 1 N–H and O–H groups in total. The molecule has 1 aliphatic rings. The predicted molar refractivity (Wildman–Crippen MR) is 111 cm³/mol. The van der Waals surface area contributed by atoms with Crippen LogP contribution >= 0.6 is 0 Å². The van der Waals surface area contributed by atoms with Gasteiger partial charge in [0.2, 0.25) is 11.9 Å². The Morgan fingerprint density at radius 2 is 1.75 bits per heavy atom. The first-order valence-electron chi connectivity index (χ1n) is 9.37. The number of nitrogens with zero attached hydrogens (tertiary/aromatic N) is 6. The number of methoxy groups -OCH3 is 1. The molecular formula is C20H25N7O. The Hall–Kier alpha value is -3.29. The van der Waals surface area contributed by atoms with Crippen LogP contribution in [0, 0.1) is 6.92 Å². The zero-order valence-electron chi connectivity index (χ0n) is 16.5. The van der Waals surface area contributed by atoms with Crippen LogP contribution < -0.4 is 19.9 Å². The van der Waals surface area contributed by atoms with E-state index in [0.717, 1.165) is 55.3 Å². The molecule has 0 radical (unpaired) electrons. The minimum absolute atomic E-state index is 0.739. The summed E-state index contributed by atoms with van der Waals surface area (Å²) in [6, 6.07) is 12.1. The molecule has 0 unspecified atom stereocenters. The van der Waals surface area contributed by atoms with Crippen LogP contribution in [0.5, 0.6) is 5.75 Å². The third kappa shape index (κ3) is 3.71. The molecule has 1 aliphatic heterocycles. The molecule has 0 spiro atoms. The highest BCUT2D eigenvalue weighted by Gasteiger charge is 2.22. The van der Waals surface area contributed by atoms with Crippen LogP contribution in [-0.2, 0) is 7.05 Å². The van der Waals surface area contributed by atoms with E-state index in [-0.39, 0.29) is 0 Å². The van der Waals surface area contributed by atoms with Crippen LogP contribution in [0.4, 0.5) is 23.4 Å². The van der Waals surface area contributed by atoms with Crippen molar-refractivity contribution in [3.8, 4) is 5.75 Å². The lowest BCUT2D eigenvalue weighted by Gasteiger charge is -2.34. The Bertz CT molecular complexity index is 930. The Morgan fingerprint density at radius 3 is 2.43 bits per heavy atom. The molecule has 3 aromatic rings. The summed E-state index contributed by atoms with van der Waals surface area (Å²) in [5, 5.41) is 7.97. The van der Waals surface area contributed by atoms with Crippen molar-refractivity contribution >= 4 is 23.4 Å². The molecule has 0 amide bonds. The first kappa shape index (κ1) is 18.1. The minimum Gasteiger partial charge on any atom is -0.495 e. The van der Waals surface area contributed by atoms with Crippen molar-refractivity contribution in [3.05, 3.63) is 48.2 Å². The highest BCUT2D eigenvalue weighted by Crippen LogP contribution is 2.22. The van der Waals surface area contributed by atoms with Crippen molar-refractivity contribution in [3.63, 3.8) is 0 Å². The zero-order valence-corrected chi connectivity index (χ0v) is 16.5. The molecule has 1 saturated heterocycles. The van der Waals surface area contributed by atoms with Crippen LogP contribution in [0.2, 0.25) is 0 Å². The Balaban J connectivity index is 1.41. The van der Waals surface area contributed by atoms with Gasteiger partial charge in [-0.05, 0) is 30.7 Å². The summed E-state index contributed by atoms with van der Waals surface area (Å²) in [4.78, 5) is 13.7. The molecule has 1 fully saturated rings. The Labute approximate surface area is 164 Å². The van der Waals surface area contributed by atoms with Crippen LogP contribution in [0.1, 0.15) is 5.56 Å². The van der Waals surface area contributed by atoms with Crippen LogP contribution in [-0.4, -0.2) is 53.0 Å². The van der Waals surface area contributed by atoms with E-state index in [9.17, 15) is 0 Å². The summed E-state index contributed by atoms with van der Waals surface area (Å²) in [5.41, 5.74) is 2.22. The van der Waals surface area contributed by atoms with Crippen LogP contribution in [0.25, 0.3) is 0 Å². The number of nitrogens with one attached hydrogen (secondary N) is 1. The average molecular weight is 379 g/mol. The predicted octanol–water partition coefficient (Wildman–Crippen LogP) is 2.60. The number of ether oxygens (including phenoxy) is 1. The van der Waals surface area contributed by atoms with Gasteiger partial charge >= 0.3 is 0 Å². The van der Waals surface area contributed by atoms with E-state index in [1.807, 2.05) is 37.4 Å². The smallest absolute Gasteiger partial charge is 0.246 e. The summed E-state index contributed by atoms with van der Waals surface area (Å²) < 4.78 is 6.97. The lowest BCUT2D eigenvalue weighted by molar-refractivity contribution is 0.413. The van der Waals surface area contributed by atoms with Crippen molar-refractivity contribution < 1.29 is 4.74 Å². The normalized spacial score (nSPS) is 14.2. The molecule has 0 bridgehead atoms. The standard InChI is InChI=1S/C20H25N7O/c1-15-6-4-5-7-17(15)22-19-23-20(24-25(19)2)27-12-10-26(11-13-27)18-9-8-16(28-3)14-21-18/h4-9,14H,10-13H2,1-3H3,(H,22,23,24). The second kappa shape index (κ2) is 7.75. The monoisotopic (exact) mass is 379 g/mol. The fourth-order valence-electron chi connectivity index (χ4n) is 3.26. The van der Waals surface area contributed by atoms with Gasteiger partial charge in [0.25, 0.3) is 0 Å². The van der Waals surface area contributed by atoms with E-state index < -0.39 is 0 Å². The number of anilines is 4. The number of hydrogen-bond acceptors (Lipinski definition) is 7. The quantitative estimate of drug-likeness (QED) is 0.730. The molecular weight excluding hydrogens is 354 g/mol. The van der Waals surface area contributed by atoms with E-state index in [2.05, 4.69) is 38.2 Å². The summed E-state index contributed by atoms with van der Waals surface area (Å²) in [6.07, 6.45) is 1.76. The summed E-state index contributed by atoms with van der Waals surface area (Å²) in [7, 11) is 3.56. The van der Waals surface area contributed by atoms with Gasteiger partial charge in [0.1, 0.15) is 11.6 Å². The number of aromatic nitrogens is 4. The van der Waals surface area contributed by atoms with Crippen LogP contribution in [0.3, 0.4) is 0 Å². The maximum atomic E-state index is 5.18. The lowest BCUT2D eigenvalue weighted by Crippen LogP contribution is -2.47. The van der Waals surface area contributed by atoms with Crippen molar-refractivity contribution in [2.45, 2.75) is 6.92 Å². The third-order valence-corrected chi connectivity index (χ3v) is 4.99. The molecule has 8 nitrogen and oxygen atoms in total. The van der Waals surface area contributed by atoms with Gasteiger partial charge in [-0.3, -0.25) is 0 Å². The van der Waals surface area contributed by atoms with E-state index in [0.29, 0.717) is 0 Å². The number of para-hydroxylation sites is 1. The summed E-state index contributed by atoms with van der Waals surface area (Å²) in [6.45, 7) is 5.52. The van der Waals surface area contributed by atoms with Gasteiger partial charge in [0.15, 0.2) is 0 Å². The summed E-state index contributed by atoms with van der Waals surface area (Å²) in [5.74, 6) is 3.23. The van der Waals surface area contributed by atoms with Gasteiger partial charge in [-0.15, -0.1) is 5.10 Å². The minimum atomic E-state index is 0.739. The second-order valence-corrected chi connectivity index (χ2v) is 6.83. The van der Waals surface area contributed by atoms with Crippen molar-refractivity contribution in [1.29, 1.82) is 0 Å². The highest BCUT2D eigenvalue weighted by molar-refractivity contribution is 5.59. The first-order valence-corrected chi connectivity index (χ1v) is 9.37. The number of piperazine rings is 1. The van der Waals surface area contributed by atoms with E-state index in [1.54, 1.807) is 18.0 Å². The third-order valence-electron chi connectivity index (χ3n) is 4.99. The van der Waals surface area contributed by atoms with Gasteiger partial charge in [-0.25, -0.2) is 9.67 Å². The van der Waals surface area contributed by atoms with Gasteiger partial charge in [-0.1, -0.05) is 18.2 Å². The second-order valence-electron chi connectivity index (χ2n) is 6.83. The molecule has 28 heavy (non-hydrogen) atoms.